The number of aromatic nitrogens is 4. The Morgan fingerprint density at radius 2 is 1.83 bits per heavy atom. The van der Waals surface area contributed by atoms with Crippen molar-refractivity contribution in [2.24, 2.45) is 5.73 Å². The summed E-state index contributed by atoms with van der Waals surface area (Å²) in [6.07, 6.45) is 5.85. The minimum absolute atomic E-state index is 0.228. The highest BCUT2D eigenvalue weighted by Crippen LogP contribution is 2.31. The van der Waals surface area contributed by atoms with Crippen molar-refractivity contribution in [2.75, 3.05) is 0 Å². The van der Waals surface area contributed by atoms with Crippen LogP contribution in [0.3, 0.4) is 0 Å². The number of benzene rings is 2. The highest BCUT2D eigenvalue weighted by Gasteiger charge is 2.26. The Bertz CT molecular complexity index is 917. The summed E-state index contributed by atoms with van der Waals surface area (Å²) in [5.74, 6) is 0.522. The number of tetrazole rings is 1. The van der Waals surface area contributed by atoms with Crippen LogP contribution < -0.4 is 11.1 Å². The van der Waals surface area contributed by atoms with Crippen LogP contribution in [0.5, 0.6) is 0 Å². The number of halogens is 1. The van der Waals surface area contributed by atoms with Crippen molar-refractivity contribution >= 4 is 0 Å². The van der Waals surface area contributed by atoms with Crippen LogP contribution in [-0.4, -0.2) is 20.2 Å². The lowest BCUT2D eigenvalue weighted by Crippen LogP contribution is -2.28. The average molecular weight is 394 g/mol. The first-order valence-corrected chi connectivity index (χ1v) is 10.3. The second-order valence-corrected chi connectivity index (χ2v) is 7.66. The lowest BCUT2D eigenvalue weighted by Gasteiger charge is -2.25. The van der Waals surface area contributed by atoms with Crippen molar-refractivity contribution < 1.29 is 4.39 Å². The summed E-state index contributed by atoms with van der Waals surface area (Å²) in [6.45, 7) is 1.14. The van der Waals surface area contributed by atoms with E-state index in [4.69, 9.17) is 5.73 Å². The fourth-order valence-electron chi connectivity index (χ4n) is 4.08. The monoisotopic (exact) mass is 394 g/mol. The molecule has 1 fully saturated rings. The molecule has 1 heterocycles. The van der Waals surface area contributed by atoms with Gasteiger partial charge in [-0.05, 0) is 52.1 Å². The van der Waals surface area contributed by atoms with E-state index in [1.165, 1.54) is 31.4 Å². The number of nitrogens with two attached hydrogens (primary N) is 1. The van der Waals surface area contributed by atoms with Gasteiger partial charge in [-0.3, -0.25) is 5.32 Å². The molecule has 1 aliphatic carbocycles. The molecule has 0 saturated heterocycles. The highest BCUT2D eigenvalue weighted by molar-refractivity contribution is 5.27. The second kappa shape index (κ2) is 9.24. The molecule has 0 spiro atoms. The molecule has 1 atom stereocenters. The van der Waals surface area contributed by atoms with E-state index in [1.54, 1.807) is 12.1 Å². The third kappa shape index (κ3) is 4.68. The van der Waals surface area contributed by atoms with Crippen molar-refractivity contribution in [3.63, 3.8) is 0 Å². The smallest absolute Gasteiger partial charge is 0.173 e. The minimum Gasteiger partial charge on any atom is -0.326 e. The summed E-state index contributed by atoms with van der Waals surface area (Å²) in [5, 5.41) is 16.2. The van der Waals surface area contributed by atoms with Gasteiger partial charge in [-0.1, -0.05) is 55.7 Å². The van der Waals surface area contributed by atoms with Gasteiger partial charge in [0.25, 0.3) is 0 Å². The Kier molecular flexibility index (Phi) is 6.27. The van der Waals surface area contributed by atoms with E-state index in [0.717, 1.165) is 35.4 Å². The van der Waals surface area contributed by atoms with E-state index in [2.05, 4.69) is 33.0 Å². The summed E-state index contributed by atoms with van der Waals surface area (Å²) in [7, 11) is 0. The maximum atomic E-state index is 13.5. The fraction of sp³-hybridized carbons (Fsp3) is 0.409. The SMILES string of the molecule is NCc1cccc(CNC(c2ccc(F)cc2)c2nnnn2C2CCCCC2)c1. The van der Waals surface area contributed by atoms with Gasteiger partial charge in [0.2, 0.25) is 0 Å². The Labute approximate surface area is 170 Å². The van der Waals surface area contributed by atoms with E-state index in [9.17, 15) is 4.39 Å². The third-order valence-electron chi connectivity index (χ3n) is 5.64. The summed E-state index contributed by atoms with van der Waals surface area (Å²) in [5.41, 5.74) is 8.94. The summed E-state index contributed by atoms with van der Waals surface area (Å²) in [4.78, 5) is 0. The van der Waals surface area contributed by atoms with Gasteiger partial charge < -0.3 is 5.73 Å². The molecule has 1 saturated carbocycles. The zero-order chi connectivity index (χ0) is 20.1. The molecule has 3 N–H and O–H groups in total. The number of hydrogen-bond donors (Lipinski definition) is 2. The van der Waals surface area contributed by atoms with Crippen LogP contribution in [0.25, 0.3) is 0 Å². The van der Waals surface area contributed by atoms with E-state index in [0.29, 0.717) is 19.1 Å². The molecule has 0 bridgehead atoms. The Morgan fingerprint density at radius 3 is 2.59 bits per heavy atom. The molecule has 0 aliphatic heterocycles. The lowest BCUT2D eigenvalue weighted by molar-refractivity contribution is 0.310. The molecule has 1 unspecified atom stereocenters. The lowest BCUT2D eigenvalue weighted by atomic mass is 9.95. The van der Waals surface area contributed by atoms with Crippen molar-refractivity contribution in [1.82, 2.24) is 25.5 Å². The predicted octanol–water partition coefficient (Wildman–Crippen LogP) is 3.66. The van der Waals surface area contributed by atoms with Gasteiger partial charge in [0, 0.05) is 13.1 Å². The quantitative estimate of drug-likeness (QED) is 0.639. The number of hydrogen-bond acceptors (Lipinski definition) is 5. The van der Waals surface area contributed by atoms with Crippen LogP contribution in [0.1, 0.15) is 66.7 Å². The van der Waals surface area contributed by atoms with Crippen LogP contribution in [0.2, 0.25) is 0 Å². The first-order valence-electron chi connectivity index (χ1n) is 10.3. The maximum Gasteiger partial charge on any atom is 0.173 e. The number of nitrogens with zero attached hydrogens (tertiary/aromatic N) is 4. The molecule has 2 aromatic carbocycles. The first-order chi connectivity index (χ1) is 14.2. The molecular formula is C22H27FN6. The Hall–Kier alpha value is -2.64. The average Bonchev–Trinajstić information content (AvgIpc) is 3.25. The minimum atomic E-state index is -0.255. The van der Waals surface area contributed by atoms with Gasteiger partial charge >= 0.3 is 0 Å². The molecule has 29 heavy (non-hydrogen) atoms. The maximum absolute atomic E-state index is 13.5. The van der Waals surface area contributed by atoms with Gasteiger partial charge in [0.1, 0.15) is 5.82 Å². The molecule has 6 nitrogen and oxygen atoms in total. The van der Waals surface area contributed by atoms with Gasteiger partial charge in [0.15, 0.2) is 5.82 Å². The summed E-state index contributed by atoms with van der Waals surface area (Å²) in [6, 6.07) is 14.8. The van der Waals surface area contributed by atoms with Gasteiger partial charge in [-0.2, -0.15) is 0 Å². The molecule has 0 radical (unpaired) electrons. The van der Waals surface area contributed by atoms with Crippen molar-refractivity contribution in [2.45, 2.75) is 57.3 Å². The second-order valence-electron chi connectivity index (χ2n) is 7.66. The number of rotatable bonds is 7. The normalized spacial score (nSPS) is 16.1. The van der Waals surface area contributed by atoms with E-state index < -0.39 is 0 Å². The van der Waals surface area contributed by atoms with Crippen LogP contribution in [0.15, 0.2) is 48.5 Å². The Balaban J connectivity index is 1.62. The van der Waals surface area contributed by atoms with E-state index in [1.807, 2.05) is 16.8 Å². The largest absolute Gasteiger partial charge is 0.326 e. The summed E-state index contributed by atoms with van der Waals surface area (Å²) >= 11 is 0. The molecule has 0 amide bonds. The van der Waals surface area contributed by atoms with Crippen LogP contribution >= 0.6 is 0 Å². The van der Waals surface area contributed by atoms with Gasteiger partial charge in [0.05, 0.1) is 12.1 Å². The number of nitrogens with one attached hydrogen (secondary N) is 1. The zero-order valence-electron chi connectivity index (χ0n) is 16.5. The molecule has 1 aliphatic rings. The van der Waals surface area contributed by atoms with E-state index in [-0.39, 0.29) is 11.9 Å². The standard InChI is InChI=1S/C22H27FN6/c23-19-11-9-18(10-12-19)21(25-15-17-6-4-5-16(13-17)14-24)22-26-27-28-29(22)20-7-2-1-3-8-20/h4-6,9-13,20-21,25H,1-3,7-8,14-15,24H2. The van der Waals surface area contributed by atoms with E-state index >= 15 is 0 Å². The van der Waals surface area contributed by atoms with Gasteiger partial charge in [-0.25, -0.2) is 9.07 Å². The Morgan fingerprint density at radius 1 is 1.07 bits per heavy atom. The van der Waals surface area contributed by atoms with Crippen molar-refractivity contribution in [3.8, 4) is 0 Å². The molecule has 3 aromatic rings. The molecular weight excluding hydrogens is 367 g/mol. The fourth-order valence-corrected chi connectivity index (χ4v) is 4.08. The van der Waals surface area contributed by atoms with Crippen LogP contribution in [-0.2, 0) is 13.1 Å². The third-order valence-corrected chi connectivity index (χ3v) is 5.64. The molecule has 7 heteroatoms. The molecule has 1 aromatic heterocycles. The zero-order valence-corrected chi connectivity index (χ0v) is 16.5. The van der Waals surface area contributed by atoms with Gasteiger partial charge in [-0.15, -0.1) is 5.10 Å². The van der Waals surface area contributed by atoms with Crippen molar-refractivity contribution in [1.29, 1.82) is 0 Å². The van der Waals surface area contributed by atoms with Crippen molar-refractivity contribution in [3.05, 3.63) is 76.9 Å². The topological polar surface area (TPSA) is 81.7 Å². The predicted molar refractivity (Wildman–Crippen MR) is 109 cm³/mol. The molecule has 152 valence electrons. The summed E-state index contributed by atoms with van der Waals surface area (Å²) < 4.78 is 15.5. The molecule has 4 rings (SSSR count). The first kappa shape index (κ1) is 19.7. The highest BCUT2D eigenvalue weighted by atomic mass is 19.1. The van der Waals surface area contributed by atoms with Crippen LogP contribution in [0.4, 0.5) is 4.39 Å². The van der Waals surface area contributed by atoms with Crippen LogP contribution in [0, 0.1) is 5.82 Å².